The fourth-order valence-corrected chi connectivity index (χ4v) is 7.99. The topological polar surface area (TPSA) is 16.1 Å². The fraction of sp³-hybridized carbons (Fsp3) is 0.0465. The zero-order valence-corrected chi connectivity index (χ0v) is 26.0. The highest BCUT2D eigenvalue weighted by molar-refractivity contribution is 7.19. The second-order valence-corrected chi connectivity index (χ2v) is 12.9. The van der Waals surface area contributed by atoms with E-state index in [1.54, 1.807) is 11.3 Å². The summed E-state index contributed by atoms with van der Waals surface area (Å²) in [7, 11) is 0. The number of benzene rings is 6. The lowest BCUT2D eigenvalue weighted by Crippen LogP contribution is -2.10. The van der Waals surface area contributed by atoms with Crippen LogP contribution < -0.4 is 4.90 Å². The average molecular weight is 607 g/mol. The molecule has 0 unspecified atom stereocenters. The number of rotatable bonds is 6. The third-order valence-corrected chi connectivity index (χ3v) is 10.2. The van der Waals surface area contributed by atoms with Crippen LogP contribution in [-0.4, -0.2) is 4.98 Å². The third-order valence-electron chi connectivity index (χ3n) is 9.09. The van der Waals surface area contributed by atoms with Gasteiger partial charge in [0.15, 0.2) is 0 Å². The number of allylic oxidation sites excluding steroid dienone is 4. The number of hydrogen-bond donors (Lipinski definition) is 0. The lowest BCUT2D eigenvalue weighted by atomic mass is 9.96. The first kappa shape index (κ1) is 26.9. The SMILES string of the molecule is C1=CCCC(c2cccc(N(c3ccc(-c4ccccc4)cc3)c3cc4c5c(cccc5c3)-c3sc(-c5ccccc5)nc3-4)c2)=C1. The van der Waals surface area contributed by atoms with E-state index in [9.17, 15) is 0 Å². The van der Waals surface area contributed by atoms with Crippen molar-refractivity contribution in [2.24, 2.45) is 0 Å². The molecule has 0 aliphatic heterocycles. The maximum atomic E-state index is 5.25. The van der Waals surface area contributed by atoms with E-state index in [0.717, 1.165) is 46.2 Å². The molecule has 0 bridgehead atoms. The zero-order chi connectivity index (χ0) is 30.5. The van der Waals surface area contributed by atoms with E-state index in [-0.39, 0.29) is 0 Å². The number of fused-ring (bicyclic) bond motifs is 3. The van der Waals surface area contributed by atoms with E-state index in [0.29, 0.717) is 0 Å². The summed E-state index contributed by atoms with van der Waals surface area (Å²) >= 11 is 1.79. The van der Waals surface area contributed by atoms with Gasteiger partial charge in [0, 0.05) is 33.8 Å². The van der Waals surface area contributed by atoms with Crippen LogP contribution in [-0.2, 0) is 0 Å². The predicted octanol–water partition coefficient (Wildman–Crippen LogP) is 12.5. The molecule has 2 aliphatic carbocycles. The molecule has 46 heavy (non-hydrogen) atoms. The van der Waals surface area contributed by atoms with E-state index < -0.39 is 0 Å². The molecule has 2 nitrogen and oxygen atoms in total. The van der Waals surface area contributed by atoms with E-state index in [1.165, 1.54) is 49.0 Å². The standard InChI is InChI=1S/C43H30N2S/c1-4-12-29(13-5-1)31-22-24-35(25-23-31)45(36-20-10-18-33(26-36)30-14-6-2-7-15-30)37-27-34-19-11-21-38-40(34)39(28-37)41-42(38)46-43(44-41)32-16-8-3-9-17-32/h1-6,8-14,16-28H,7,15H2. The van der Waals surface area contributed by atoms with Crippen LogP contribution in [0.3, 0.4) is 0 Å². The van der Waals surface area contributed by atoms with E-state index >= 15 is 0 Å². The largest absolute Gasteiger partial charge is 0.310 e. The summed E-state index contributed by atoms with van der Waals surface area (Å²) in [5.41, 5.74) is 13.2. The van der Waals surface area contributed by atoms with Crippen molar-refractivity contribution >= 4 is 44.7 Å². The van der Waals surface area contributed by atoms with Gasteiger partial charge in [0.1, 0.15) is 5.01 Å². The van der Waals surface area contributed by atoms with Gasteiger partial charge in [-0.15, -0.1) is 11.3 Å². The Morgan fingerprint density at radius 3 is 2.09 bits per heavy atom. The van der Waals surface area contributed by atoms with Gasteiger partial charge in [0.25, 0.3) is 0 Å². The Kier molecular flexibility index (Phi) is 6.50. The highest BCUT2D eigenvalue weighted by Gasteiger charge is 2.28. The number of aromatic nitrogens is 1. The average Bonchev–Trinajstić information content (AvgIpc) is 3.70. The van der Waals surface area contributed by atoms with Crippen LogP contribution in [0.25, 0.3) is 59.7 Å². The van der Waals surface area contributed by atoms with Crippen LogP contribution in [0.4, 0.5) is 17.1 Å². The van der Waals surface area contributed by atoms with Crippen molar-refractivity contribution in [2.75, 3.05) is 4.90 Å². The Balaban J connectivity index is 1.22. The predicted molar refractivity (Wildman–Crippen MR) is 196 cm³/mol. The lowest BCUT2D eigenvalue weighted by molar-refractivity contribution is 1.05. The summed E-state index contributed by atoms with van der Waals surface area (Å²) in [5, 5.41) is 3.60. The molecule has 0 amide bonds. The van der Waals surface area contributed by atoms with Gasteiger partial charge in [0.05, 0.1) is 10.6 Å². The van der Waals surface area contributed by atoms with E-state index in [2.05, 4.69) is 163 Å². The first-order valence-electron chi connectivity index (χ1n) is 15.9. The lowest BCUT2D eigenvalue weighted by Gasteiger charge is -2.27. The number of thiazole rings is 1. The number of anilines is 3. The molecule has 0 fully saturated rings. The van der Waals surface area contributed by atoms with Gasteiger partial charge in [0.2, 0.25) is 0 Å². The molecule has 1 heterocycles. The van der Waals surface area contributed by atoms with Gasteiger partial charge in [-0.25, -0.2) is 4.98 Å². The summed E-state index contributed by atoms with van der Waals surface area (Å²) in [6.07, 6.45) is 8.83. The first-order valence-corrected chi connectivity index (χ1v) is 16.7. The Hall–Kier alpha value is -5.51. The molecule has 1 aromatic heterocycles. The van der Waals surface area contributed by atoms with Crippen molar-refractivity contribution in [2.45, 2.75) is 12.8 Å². The van der Waals surface area contributed by atoms with Crippen LogP contribution in [0.1, 0.15) is 18.4 Å². The molecule has 3 heteroatoms. The molecule has 2 aliphatic rings. The second-order valence-electron chi connectivity index (χ2n) is 11.9. The Bertz CT molecular complexity index is 2290. The van der Waals surface area contributed by atoms with Crippen LogP contribution in [0.2, 0.25) is 0 Å². The van der Waals surface area contributed by atoms with Crippen LogP contribution >= 0.6 is 11.3 Å². The van der Waals surface area contributed by atoms with Crippen molar-refractivity contribution in [3.8, 4) is 43.4 Å². The van der Waals surface area contributed by atoms with Crippen LogP contribution in [0, 0.1) is 0 Å². The number of hydrogen-bond acceptors (Lipinski definition) is 3. The van der Waals surface area contributed by atoms with E-state index in [4.69, 9.17) is 4.98 Å². The molecule has 0 saturated heterocycles. The van der Waals surface area contributed by atoms with Crippen molar-refractivity contribution in [1.82, 2.24) is 4.98 Å². The summed E-state index contributed by atoms with van der Waals surface area (Å²) in [5.74, 6) is 0. The molecular weight excluding hydrogens is 577 g/mol. The van der Waals surface area contributed by atoms with Gasteiger partial charge >= 0.3 is 0 Å². The minimum atomic E-state index is 1.06. The Morgan fingerprint density at radius 1 is 0.565 bits per heavy atom. The monoisotopic (exact) mass is 606 g/mol. The maximum absolute atomic E-state index is 5.25. The molecule has 6 aromatic carbocycles. The molecule has 218 valence electrons. The molecule has 7 aromatic rings. The molecule has 0 N–H and O–H groups in total. The molecule has 0 atom stereocenters. The molecule has 0 saturated carbocycles. The van der Waals surface area contributed by atoms with Crippen LogP contribution in [0.5, 0.6) is 0 Å². The molecule has 0 radical (unpaired) electrons. The highest BCUT2D eigenvalue weighted by Crippen LogP contribution is 2.53. The second kappa shape index (κ2) is 11.1. The molecule has 0 spiro atoms. The van der Waals surface area contributed by atoms with E-state index in [1.807, 2.05) is 0 Å². The van der Waals surface area contributed by atoms with Gasteiger partial charge in [-0.05, 0) is 82.3 Å². The third kappa shape index (κ3) is 4.60. The zero-order valence-electron chi connectivity index (χ0n) is 25.2. The summed E-state index contributed by atoms with van der Waals surface area (Å²) in [6.45, 7) is 0. The van der Waals surface area contributed by atoms with Crippen molar-refractivity contribution in [3.63, 3.8) is 0 Å². The smallest absolute Gasteiger partial charge is 0.124 e. The normalized spacial score (nSPS) is 13.1. The minimum absolute atomic E-state index is 1.06. The highest BCUT2D eigenvalue weighted by atomic mass is 32.1. The van der Waals surface area contributed by atoms with Crippen molar-refractivity contribution < 1.29 is 0 Å². The summed E-state index contributed by atoms with van der Waals surface area (Å²) < 4.78 is 0. The van der Waals surface area contributed by atoms with Crippen LogP contribution in [0.15, 0.2) is 158 Å². The first-order chi connectivity index (χ1) is 22.8. The number of nitrogens with zero attached hydrogens (tertiary/aromatic N) is 2. The quantitative estimate of drug-likeness (QED) is 0.187. The van der Waals surface area contributed by atoms with Gasteiger partial charge in [-0.1, -0.05) is 121 Å². The van der Waals surface area contributed by atoms with Crippen molar-refractivity contribution in [1.29, 1.82) is 0 Å². The molecule has 9 rings (SSSR count). The summed E-state index contributed by atoms with van der Waals surface area (Å²) in [4.78, 5) is 8.92. The Morgan fingerprint density at radius 2 is 1.30 bits per heavy atom. The van der Waals surface area contributed by atoms with Gasteiger partial charge in [-0.3, -0.25) is 0 Å². The van der Waals surface area contributed by atoms with Gasteiger partial charge < -0.3 is 4.90 Å². The summed E-state index contributed by atoms with van der Waals surface area (Å²) in [6, 6.07) is 50.5. The Labute approximate surface area is 273 Å². The molecular formula is C43H30N2S. The van der Waals surface area contributed by atoms with Gasteiger partial charge in [-0.2, -0.15) is 0 Å². The fourth-order valence-electron chi connectivity index (χ4n) is 6.88. The minimum Gasteiger partial charge on any atom is -0.310 e. The maximum Gasteiger partial charge on any atom is 0.124 e. The van der Waals surface area contributed by atoms with Crippen molar-refractivity contribution in [3.05, 3.63) is 163 Å².